The number of hydrogen-bond donors (Lipinski definition) is 3. The Morgan fingerprint density at radius 2 is 0.681 bits per heavy atom. The van der Waals surface area contributed by atoms with Crippen molar-refractivity contribution in [3.8, 4) is 0 Å². The third-order valence-corrected chi connectivity index (χ3v) is 14.5. The third-order valence-electron chi connectivity index (χ3n) is 14.5. The van der Waals surface area contributed by atoms with Gasteiger partial charge >= 0.3 is 5.97 Å². The molecule has 1 amide bonds. The van der Waals surface area contributed by atoms with Crippen molar-refractivity contribution in [3.63, 3.8) is 0 Å². The van der Waals surface area contributed by atoms with Gasteiger partial charge in [-0.15, -0.1) is 0 Å². The number of esters is 1. The zero-order chi connectivity index (χ0) is 50.0. The smallest absolute Gasteiger partial charge is 0.305 e. The largest absolute Gasteiger partial charge is 0.466 e. The quantitative estimate of drug-likeness (QED) is 0.0321. The molecular formula is C63H121NO5. The van der Waals surface area contributed by atoms with E-state index in [1.54, 1.807) is 0 Å². The van der Waals surface area contributed by atoms with Crippen LogP contribution in [0.25, 0.3) is 0 Å². The Hall–Kier alpha value is -1.66. The van der Waals surface area contributed by atoms with Crippen molar-refractivity contribution in [2.24, 2.45) is 0 Å². The van der Waals surface area contributed by atoms with Crippen LogP contribution in [0.5, 0.6) is 0 Å². The molecule has 0 aliphatic rings. The maximum absolute atomic E-state index is 12.4. The molecule has 0 saturated heterocycles. The Kier molecular flexibility index (Phi) is 57.5. The normalized spacial score (nSPS) is 12.7. The SMILES string of the molecule is CCCCCCCCC/C=C\CCCCCCCCCC(=O)OCCCCCCCCCCCCCC/C=C\CCCCCCCCCC(=O)NC(CO)C(O)CCCCCCCCCCCCC. The topological polar surface area (TPSA) is 95.9 Å². The van der Waals surface area contributed by atoms with Crippen LogP contribution in [0.2, 0.25) is 0 Å². The van der Waals surface area contributed by atoms with Gasteiger partial charge in [0, 0.05) is 12.8 Å². The lowest BCUT2D eigenvalue weighted by molar-refractivity contribution is -0.143. The minimum Gasteiger partial charge on any atom is -0.466 e. The Bertz CT molecular complexity index is 1080. The predicted molar refractivity (Wildman–Crippen MR) is 301 cm³/mol. The second-order valence-electron chi connectivity index (χ2n) is 21.4. The van der Waals surface area contributed by atoms with Gasteiger partial charge in [-0.1, -0.05) is 276 Å². The molecule has 0 fully saturated rings. The van der Waals surface area contributed by atoms with Gasteiger partial charge in [-0.2, -0.15) is 0 Å². The van der Waals surface area contributed by atoms with Gasteiger partial charge in [-0.3, -0.25) is 9.59 Å². The van der Waals surface area contributed by atoms with Crippen LogP contribution in [-0.2, 0) is 14.3 Å². The molecule has 0 aliphatic heterocycles. The molecule has 0 aromatic heterocycles. The van der Waals surface area contributed by atoms with Gasteiger partial charge in [-0.05, 0) is 77.0 Å². The summed E-state index contributed by atoms with van der Waals surface area (Å²) in [5.41, 5.74) is 0. The van der Waals surface area contributed by atoms with E-state index < -0.39 is 12.1 Å². The van der Waals surface area contributed by atoms with Gasteiger partial charge in [-0.25, -0.2) is 0 Å². The van der Waals surface area contributed by atoms with E-state index >= 15 is 0 Å². The number of aliphatic hydroxyl groups excluding tert-OH is 2. The van der Waals surface area contributed by atoms with E-state index in [0.29, 0.717) is 25.9 Å². The minimum absolute atomic E-state index is 0.00887. The summed E-state index contributed by atoms with van der Waals surface area (Å²) in [4.78, 5) is 24.5. The van der Waals surface area contributed by atoms with Gasteiger partial charge in [0.25, 0.3) is 0 Å². The fourth-order valence-corrected chi connectivity index (χ4v) is 9.69. The lowest BCUT2D eigenvalue weighted by Gasteiger charge is -2.22. The standard InChI is InChI=1S/C63H121NO5/c1-3-5-7-9-11-13-15-16-17-18-27-30-33-37-41-45-49-53-57-63(68)69-58-54-50-46-42-38-34-31-28-25-23-21-19-20-22-24-26-29-32-36-40-44-48-52-56-62(67)64-60(59-65)61(66)55-51-47-43-39-35-14-12-10-8-6-4-2/h17-18,22,24,60-61,65-66H,3-16,19-21,23,25-59H2,1-2H3,(H,64,67)/b18-17-,24-22-. The first-order valence-corrected chi connectivity index (χ1v) is 31.1. The molecule has 0 aromatic carbocycles. The molecule has 0 aromatic rings. The van der Waals surface area contributed by atoms with Gasteiger partial charge in [0.05, 0.1) is 25.4 Å². The van der Waals surface area contributed by atoms with Gasteiger partial charge in [0.1, 0.15) is 0 Å². The first-order chi connectivity index (χ1) is 34.0. The fraction of sp³-hybridized carbons (Fsp3) is 0.905. The highest BCUT2D eigenvalue weighted by Crippen LogP contribution is 2.17. The molecule has 2 atom stereocenters. The molecule has 3 N–H and O–H groups in total. The number of aliphatic hydroxyl groups is 2. The summed E-state index contributed by atoms with van der Waals surface area (Å²) >= 11 is 0. The molecule has 69 heavy (non-hydrogen) atoms. The Balaban J connectivity index is 3.38. The second kappa shape index (κ2) is 58.9. The molecule has 6 heteroatoms. The third kappa shape index (κ3) is 55.5. The Labute approximate surface area is 431 Å². The number of rotatable bonds is 58. The molecule has 0 radical (unpaired) electrons. The van der Waals surface area contributed by atoms with E-state index in [0.717, 1.165) is 44.9 Å². The van der Waals surface area contributed by atoms with Crippen molar-refractivity contribution < 1.29 is 24.5 Å². The molecule has 0 bridgehead atoms. The van der Waals surface area contributed by atoms with Crippen LogP contribution in [0, 0.1) is 0 Å². The molecular weight excluding hydrogens is 851 g/mol. The maximum atomic E-state index is 12.4. The zero-order valence-corrected chi connectivity index (χ0v) is 46.6. The summed E-state index contributed by atoms with van der Waals surface area (Å²) in [5, 5.41) is 23.2. The highest BCUT2D eigenvalue weighted by atomic mass is 16.5. The number of hydrogen-bond acceptors (Lipinski definition) is 5. The van der Waals surface area contributed by atoms with Crippen molar-refractivity contribution in [2.75, 3.05) is 13.2 Å². The van der Waals surface area contributed by atoms with E-state index in [1.165, 1.54) is 263 Å². The summed E-state index contributed by atoms with van der Waals surface area (Å²) in [7, 11) is 0. The highest BCUT2D eigenvalue weighted by molar-refractivity contribution is 5.76. The van der Waals surface area contributed by atoms with Gasteiger partial charge < -0.3 is 20.3 Å². The maximum Gasteiger partial charge on any atom is 0.305 e. The number of unbranched alkanes of at least 4 members (excludes halogenated alkanes) is 43. The van der Waals surface area contributed by atoms with E-state index in [9.17, 15) is 19.8 Å². The van der Waals surface area contributed by atoms with Crippen molar-refractivity contribution in [2.45, 2.75) is 353 Å². The Morgan fingerprint density at radius 3 is 1.03 bits per heavy atom. The average molecular weight is 973 g/mol. The van der Waals surface area contributed by atoms with E-state index in [-0.39, 0.29) is 18.5 Å². The average Bonchev–Trinajstić information content (AvgIpc) is 3.35. The number of nitrogens with one attached hydrogen (secondary N) is 1. The van der Waals surface area contributed by atoms with Crippen LogP contribution in [0.3, 0.4) is 0 Å². The summed E-state index contributed by atoms with van der Waals surface area (Å²) in [6.45, 7) is 4.95. The summed E-state index contributed by atoms with van der Waals surface area (Å²) in [6, 6.07) is -0.544. The number of carbonyl (C=O) groups excluding carboxylic acids is 2. The van der Waals surface area contributed by atoms with E-state index in [4.69, 9.17) is 4.74 Å². The van der Waals surface area contributed by atoms with Crippen molar-refractivity contribution in [1.29, 1.82) is 0 Å². The number of amides is 1. The van der Waals surface area contributed by atoms with Gasteiger partial charge in [0.15, 0.2) is 0 Å². The fourth-order valence-electron chi connectivity index (χ4n) is 9.69. The van der Waals surface area contributed by atoms with Crippen LogP contribution >= 0.6 is 0 Å². The minimum atomic E-state index is -0.666. The van der Waals surface area contributed by atoms with E-state index in [2.05, 4.69) is 43.5 Å². The number of allylic oxidation sites excluding steroid dienone is 4. The van der Waals surface area contributed by atoms with E-state index in [1.807, 2.05) is 0 Å². The second-order valence-corrected chi connectivity index (χ2v) is 21.4. The molecule has 0 rings (SSSR count). The van der Waals surface area contributed by atoms with Crippen molar-refractivity contribution in [1.82, 2.24) is 5.32 Å². The van der Waals surface area contributed by atoms with Crippen LogP contribution in [0.1, 0.15) is 341 Å². The predicted octanol–water partition coefficient (Wildman–Crippen LogP) is 19.4. The Morgan fingerprint density at radius 1 is 0.391 bits per heavy atom. The molecule has 2 unspecified atom stereocenters. The zero-order valence-electron chi connectivity index (χ0n) is 46.6. The molecule has 0 spiro atoms. The van der Waals surface area contributed by atoms with Crippen molar-refractivity contribution >= 4 is 11.9 Å². The van der Waals surface area contributed by atoms with Crippen LogP contribution < -0.4 is 5.32 Å². The first kappa shape index (κ1) is 67.3. The van der Waals surface area contributed by atoms with Crippen LogP contribution in [0.4, 0.5) is 0 Å². The monoisotopic (exact) mass is 972 g/mol. The van der Waals surface area contributed by atoms with Crippen LogP contribution in [-0.4, -0.2) is 47.4 Å². The number of ether oxygens (including phenoxy) is 1. The molecule has 6 nitrogen and oxygen atoms in total. The molecule has 0 heterocycles. The number of carbonyl (C=O) groups is 2. The molecule has 0 saturated carbocycles. The van der Waals surface area contributed by atoms with Crippen molar-refractivity contribution in [3.05, 3.63) is 24.3 Å². The lowest BCUT2D eigenvalue weighted by Crippen LogP contribution is -2.45. The van der Waals surface area contributed by atoms with Gasteiger partial charge in [0.2, 0.25) is 5.91 Å². The summed E-state index contributed by atoms with van der Waals surface area (Å²) in [6.07, 6.45) is 71.9. The highest BCUT2D eigenvalue weighted by Gasteiger charge is 2.20. The summed E-state index contributed by atoms with van der Waals surface area (Å²) < 4.78 is 5.49. The lowest BCUT2D eigenvalue weighted by atomic mass is 10.0. The first-order valence-electron chi connectivity index (χ1n) is 31.1. The summed E-state index contributed by atoms with van der Waals surface area (Å²) in [5.74, 6) is -0.0326. The van der Waals surface area contributed by atoms with Crippen LogP contribution in [0.15, 0.2) is 24.3 Å². The molecule has 0 aliphatic carbocycles. The molecule has 408 valence electrons.